The molecule has 0 fully saturated rings. The van der Waals surface area contributed by atoms with E-state index in [0.717, 1.165) is 12.2 Å². The second kappa shape index (κ2) is 6.39. The molecule has 0 bridgehead atoms. The highest BCUT2D eigenvalue weighted by Gasteiger charge is 2.13. The number of nitrogens with two attached hydrogens (primary N) is 1. The zero-order valence-electron chi connectivity index (χ0n) is 10.1. The summed E-state index contributed by atoms with van der Waals surface area (Å²) < 4.78 is 0. The Hall–Kier alpha value is -1.36. The molecule has 1 aromatic rings. The van der Waals surface area contributed by atoms with Crippen molar-refractivity contribution in [1.82, 2.24) is 0 Å². The van der Waals surface area contributed by atoms with Gasteiger partial charge in [-0.3, -0.25) is 0 Å². The Morgan fingerprint density at radius 1 is 1.59 bits per heavy atom. The molecule has 1 unspecified atom stereocenters. The molecular formula is C12H18N2O2S. The first-order valence-electron chi connectivity index (χ1n) is 5.47. The minimum atomic E-state index is -0.996. The van der Waals surface area contributed by atoms with Gasteiger partial charge in [-0.2, -0.15) is 11.8 Å². The molecule has 1 aromatic carbocycles. The van der Waals surface area contributed by atoms with Crippen LogP contribution in [0.4, 0.5) is 11.4 Å². The molecule has 0 saturated carbocycles. The summed E-state index contributed by atoms with van der Waals surface area (Å²) in [7, 11) is 0. The smallest absolute Gasteiger partial charge is 0.337 e. The molecule has 0 amide bonds. The second-order valence-corrected chi connectivity index (χ2v) is 4.69. The second-order valence-electron chi connectivity index (χ2n) is 3.78. The number of hydrogen-bond donors (Lipinski definition) is 3. The van der Waals surface area contributed by atoms with Crippen molar-refractivity contribution in [2.24, 2.45) is 0 Å². The van der Waals surface area contributed by atoms with Crippen LogP contribution in [0.1, 0.15) is 23.7 Å². The molecule has 0 saturated heterocycles. The molecule has 0 aliphatic carbocycles. The normalized spacial score (nSPS) is 12.1. The molecule has 0 aromatic heterocycles. The Labute approximate surface area is 106 Å². The van der Waals surface area contributed by atoms with Crippen molar-refractivity contribution >= 4 is 29.1 Å². The molecule has 0 radical (unpaired) electrons. The van der Waals surface area contributed by atoms with Crippen molar-refractivity contribution in [2.75, 3.05) is 23.1 Å². The molecule has 0 spiro atoms. The quantitative estimate of drug-likeness (QED) is 0.680. The lowest BCUT2D eigenvalue weighted by Crippen LogP contribution is -2.22. The number of hydrogen-bond acceptors (Lipinski definition) is 4. The summed E-state index contributed by atoms with van der Waals surface area (Å²) in [5, 5.41) is 12.3. The van der Waals surface area contributed by atoms with E-state index in [1.54, 1.807) is 17.8 Å². The first kappa shape index (κ1) is 13.7. The molecule has 4 nitrogen and oxygen atoms in total. The summed E-state index contributed by atoms with van der Waals surface area (Å²) >= 11 is 1.75. The van der Waals surface area contributed by atoms with Crippen molar-refractivity contribution in [3.05, 3.63) is 23.8 Å². The van der Waals surface area contributed by atoms with Gasteiger partial charge in [-0.15, -0.1) is 0 Å². The number of carboxylic acids is 1. The SMILES string of the molecule is CCC(CSC)Nc1cccc(C(=O)O)c1N. The number of carbonyl (C=O) groups is 1. The first-order valence-corrected chi connectivity index (χ1v) is 6.86. The number of carboxylic acid groups (broad SMARTS) is 1. The van der Waals surface area contributed by atoms with Gasteiger partial charge < -0.3 is 16.2 Å². The van der Waals surface area contributed by atoms with E-state index in [9.17, 15) is 4.79 Å². The lowest BCUT2D eigenvalue weighted by molar-refractivity contribution is 0.0698. The zero-order valence-corrected chi connectivity index (χ0v) is 10.9. The average Bonchev–Trinajstić information content (AvgIpc) is 2.30. The van der Waals surface area contributed by atoms with Crippen LogP contribution < -0.4 is 11.1 Å². The maximum absolute atomic E-state index is 10.9. The van der Waals surface area contributed by atoms with Crippen LogP contribution in [-0.4, -0.2) is 29.1 Å². The van der Waals surface area contributed by atoms with Gasteiger partial charge in [0, 0.05) is 11.8 Å². The first-order chi connectivity index (χ1) is 8.10. The number of para-hydroxylation sites is 1. The summed E-state index contributed by atoms with van der Waals surface area (Å²) in [4.78, 5) is 10.9. The molecule has 0 aliphatic heterocycles. The molecule has 5 heteroatoms. The van der Waals surface area contributed by atoms with E-state index >= 15 is 0 Å². The Bertz CT molecular complexity index is 396. The highest BCUT2D eigenvalue weighted by molar-refractivity contribution is 7.98. The van der Waals surface area contributed by atoms with Crippen molar-refractivity contribution in [3.63, 3.8) is 0 Å². The van der Waals surface area contributed by atoms with E-state index < -0.39 is 5.97 Å². The minimum absolute atomic E-state index is 0.147. The van der Waals surface area contributed by atoms with E-state index in [2.05, 4.69) is 12.2 Å². The molecular weight excluding hydrogens is 236 g/mol. The predicted molar refractivity (Wildman–Crippen MR) is 73.9 cm³/mol. The number of nitrogens with one attached hydrogen (secondary N) is 1. The largest absolute Gasteiger partial charge is 0.478 e. The van der Waals surface area contributed by atoms with Crippen LogP contribution in [0.3, 0.4) is 0 Å². The van der Waals surface area contributed by atoms with Crippen molar-refractivity contribution in [3.8, 4) is 0 Å². The van der Waals surface area contributed by atoms with Crippen LogP contribution in [0.15, 0.2) is 18.2 Å². The molecule has 1 rings (SSSR count). The monoisotopic (exact) mass is 254 g/mol. The number of anilines is 2. The standard InChI is InChI=1S/C12H18N2O2S/c1-3-8(7-17-2)14-10-6-4-5-9(11(10)13)12(15)16/h4-6,8,14H,3,7,13H2,1-2H3,(H,15,16). The van der Waals surface area contributed by atoms with Crippen LogP contribution in [-0.2, 0) is 0 Å². The van der Waals surface area contributed by atoms with Crippen molar-refractivity contribution in [1.29, 1.82) is 0 Å². The lowest BCUT2D eigenvalue weighted by Gasteiger charge is -2.19. The van der Waals surface area contributed by atoms with E-state index in [0.29, 0.717) is 17.4 Å². The molecule has 1 atom stereocenters. The third kappa shape index (κ3) is 3.56. The van der Waals surface area contributed by atoms with Gasteiger partial charge >= 0.3 is 5.97 Å². The van der Waals surface area contributed by atoms with E-state index in [1.807, 2.05) is 12.3 Å². The number of benzene rings is 1. The van der Waals surface area contributed by atoms with E-state index in [1.165, 1.54) is 6.07 Å². The molecule has 0 heterocycles. The predicted octanol–water partition coefficient (Wildman–Crippen LogP) is 2.52. The summed E-state index contributed by atoms with van der Waals surface area (Å²) in [6, 6.07) is 5.33. The topological polar surface area (TPSA) is 75.3 Å². The van der Waals surface area contributed by atoms with Gasteiger partial charge in [0.15, 0.2) is 0 Å². The van der Waals surface area contributed by atoms with Crippen LogP contribution in [0.5, 0.6) is 0 Å². The fraction of sp³-hybridized carbons (Fsp3) is 0.417. The van der Waals surface area contributed by atoms with Gasteiger partial charge in [-0.25, -0.2) is 4.79 Å². The van der Waals surface area contributed by atoms with Crippen molar-refractivity contribution < 1.29 is 9.90 Å². The maximum Gasteiger partial charge on any atom is 0.337 e. The van der Waals surface area contributed by atoms with Gasteiger partial charge in [-0.1, -0.05) is 13.0 Å². The van der Waals surface area contributed by atoms with Gasteiger partial charge in [0.05, 0.1) is 16.9 Å². The van der Waals surface area contributed by atoms with Crippen LogP contribution in [0.25, 0.3) is 0 Å². The summed E-state index contributed by atoms with van der Waals surface area (Å²) in [5.41, 5.74) is 6.99. The lowest BCUT2D eigenvalue weighted by atomic mass is 10.1. The minimum Gasteiger partial charge on any atom is -0.478 e. The highest BCUT2D eigenvalue weighted by atomic mass is 32.2. The molecule has 17 heavy (non-hydrogen) atoms. The Morgan fingerprint density at radius 2 is 2.29 bits per heavy atom. The van der Waals surface area contributed by atoms with Gasteiger partial charge in [0.1, 0.15) is 0 Å². The fourth-order valence-electron chi connectivity index (χ4n) is 1.56. The summed E-state index contributed by atoms with van der Waals surface area (Å²) in [5.74, 6) is -0.0307. The van der Waals surface area contributed by atoms with Gasteiger partial charge in [0.25, 0.3) is 0 Å². The van der Waals surface area contributed by atoms with Crippen LogP contribution >= 0.6 is 11.8 Å². The number of aromatic carboxylic acids is 1. The third-order valence-corrected chi connectivity index (χ3v) is 3.29. The Kier molecular flexibility index (Phi) is 5.15. The van der Waals surface area contributed by atoms with Crippen LogP contribution in [0, 0.1) is 0 Å². The van der Waals surface area contributed by atoms with Crippen LogP contribution in [0.2, 0.25) is 0 Å². The fourth-order valence-corrected chi connectivity index (χ4v) is 2.28. The third-order valence-electron chi connectivity index (χ3n) is 2.56. The molecule has 94 valence electrons. The average molecular weight is 254 g/mol. The Morgan fingerprint density at radius 3 is 2.82 bits per heavy atom. The Balaban J connectivity index is 2.91. The number of thioether (sulfide) groups is 1. The number of rotatable bonds is 6. The summed E-state index contributed by atoms with van der Waals surface area (Å²) in [6.07, 6.45) is 3.01. The van der Waals surface area contributed by atoms with Gasteiger partial charge in [-0.05, 0) is 24.8 Å². The van der Waals surface area contributed by atoms with E-state index in [-0.39, 0.29) is 5.56 Å². The van der Waals surface area contributed by atoms with E-state index in [4.69, 9.17) is 10.8 Å². The summed E-state index contributed by atoms with van der Waals surface area (Å²) in [6.45, 7) is 2.09. The van der Waals surface area contributed by atoms with Crippen molar-refractivity contribution in [2.45, 2.75) is 19.4 Å². The number of nitrogen functional groups attached to an aromatic ring is 1. The highest BCUT2D eigenvalue weighted by Crippen LogP contribution is 2.24. The van der Waals surface area contributed by atoms with Gasteiger partial charge in [0.2, 0.25) is 0 Å². The molecule has 4 N–H and O–H groups in total. The maximum atomic E-state index is 10.9. The zero-order chi connectivity index (χ0) is 12.8. The molecule has 0 aliphatic rings.